The van der Waals surface area contributed by atoms with Crippen molar-refractivity contribution in [2.24, 2.45) is 5.92 Å². The molecule has 4 rings (SSSR count). The average molecular weight is 356 g/mol. The molecule has 0 amide bonds. The van der Waals surface area contributed by atoms with E-state index in [4.69, 9.17) is 4.52 Å². The third-order valence-electron chi connectivity index (χ3n) is 3.92. The van der Waals surface area contributed by atoms with E-state index in [1.165, 1.54) is 12.8 Å². The summed E-state index contributed by atoms with van der Waals surface area (Å²) < 4.78 is 7.52. The minimum Gasteiger partial charge on any atom is -0.339 e. The van der Waals surface area contributed by atoms with Crippen LogP contribution in [0, 0.1) is 5.92 Å². The molecule has 8 heteroatoms. The molecule has 0 bridgehead atoms. The van der Waals surface area contributed by atoms with Gasteiger partial charge in [-0.05, 0) is 30.9 Å². The minimum absolute atomic E-state index is 0.481. The summed E-state index contributed by atoms with van der Waals surface area (Å²) in [6.45, 7) is 4.27. The molecule has 0 atom stereocenters. The van der Waals surface area contributed by atoms with Gasteiger partial charge in [0.2, 0.25) is 5.89 Å². The molecule has 1 fully saturated rings. The van der Waals surface area contributed by atoms with Gasteiger partial charge in [-0.25, -0.2) is 0 Å². The van der Waals surface area contributed by atoms with Crippen molar-refractivity contribution in [1.82, 2.24) is 29.9 Å². The molecule has 1 saturated carbocycles. The van der Waals surface area contributed by atoms with Gasteiger partial charge in [0.15, 0.2) is 16.8 Å². The summed E-state index contributed by atoms with van der Waals surface area (Å²) in [6, 6.07) is 4.42. The molecule has 3 aromatic rings. The number of hydrogen-bond acceptors (Lipinski definition) is 7. The summed E-state index contributed by atoms with van der Waals surface area (Å²) >= 11 is 1.60. The Balaban J connectivity index is 1.51. The van der Waals surface area contributed by atoms with Crippen LogP contribution in [0.2, 0.25) is 0 Å². The Morgan fingerprint density at radius 2 is 2.20 bits per heavy atom. The second-order valence-electron chi connectivity index (χ2n) is 6.64. The van der Waals surface area contributed by atoms with Crippen molar-refractivity contribution in [3.63, 3.8) is 0 Å². The molecule has 130 valence electrons. The van der Waals surface area contributed by atoms with Crippen LogP contribution in [0.25, 0.3) is 11.4 Å². The Kier molecular flexibility index (Phi) is 4.52. The van der Waals surface area contributed by atoms with Crippen LogP contribution in [0.1, 0.15) is 44.4 Å². The fourth-order valence-corrected chi connectivity index (χ4v) is 3.49. The number of hydrogen-bond donors (Lipinski definition) is 0. The smallest absolute Gasteiger partial charge is 0.226 e. The van der Waals surface area contributed by atoms with Crippen LogP contribution in [0.3, 0.4) is 0 Å². The van der Waals surface area contributed by atoms with Crippen molar-refractivity contribution >= 4 is 11.8 Å². The first-order valence-electron chi connectivity index (χ1n) is 8.50. The van der Waals surface area contributed by atoms with E-state index < -0.39 is 0 Å². The van der Waals surface area contributed by atoms with E-state index in [1.54, 1.807) is 18.0 Å². The summed E-state index contributed by atoms with van der Waals surface area (Å²) in [5.74, 6) is 3.41. The van der Waals surface area contributed by atoms with Crippen molar-refractivity contribution in [3.05, 3.63) is 36.2 Å². The molecular formula is C17H20N6OS. The zero-order valence-electron chi connectivity index (χ0n) is 14.3. The molecule has 1 aliphatic rings. The van der Waals surface area contributed by atoms with Crippen LogP contribution < -0.4 is 0 Å². The van der Waals surface area contributed by atoms with Crippen molar-refractivity contribution < 1.29 is 4.52 Å². The maximum Gasteiger partial charge on any atom is 0.226 e. The zero-order chi connectivity index (χ0) is 17.2. The predicted molar refractivity (Wildman–Crippen MR) is 93.9 cm³/mol. The quantitative estimate of drug-likeness (QED) is 0.599. The Morgan fingerprint density at radius 3 is 2.92 bits per heavy atom. The first kappa shape index (κ1) is 16.3. The molecule has 0 aliphatic heterocycles. The second kappa shape index (κ2) is 6.95. The molecule has 0 radical (unpaired) electrons. The van der Waals surface area contributed by atoms with Gasteiger partial charge in [-0.3, -0.25) is 9.55 Å². The van der Waals surface area contributed by atoms with Crippen molar-refractivity contribution in [2.75, 3.05) is 0 Å². The molecule has 0 unspecified atom stereocenters. The Hall–Kier alpha value is -2.22. The van der Waals surface area contributed by atoms with E-state index in [2.05, 4.69) is 43.7 Å². The van der Waals surface area contributed by atoms with Gasteiger partial charge in [-0.1, -0.05) is 30.8 Å². The van der Waals surface area contributed by atoms with Gasteiger partial charge in [0.05, 0.1) is 5.75 Å². The van der Waals surface area contributed by atoms with Gasteiger partial charge < -0.3 is 4.52 Å². The highest BCUT2D eigenvalue weighted by Crippen LogP contribution is 2.41. The molecule has 25 heavy (non-hydrogen) atoms. The van der Waals surface area contributed by atoms with Gasteiger partial charge in [0, 0.05) is 30.4 Å². The lowest BCUT2D eigenvalue weighted by atomic mass is 10.1. The van der Waals surface area contributed by atoms with Crippen LogP contribution >= 0.6 is 11.8 Å². The van der Waals surface area contributed by atoms with E-state index in [-0.39, 0.29) is 0 Å². The monoisotopic (exact) mass is 356 g/mol. The lowest BCUT2D eigenvalue weighted by Crippen LogP contribution is -2.00. The third kappa shape index (κ3) is 3.73. The van der Waals surface area contributed by atoms with Gasteiger partial charge in [0.1, 0.15) is 0 Å². The van der Waals surface area contributed by atoms with E-state index in [0.29, 0.717) is 29.4 Å². The molecule has 0 N–H and O–H groups in total. The van der Waals surface area contributed by atoms with Crippen molar-refractivity contribution in [2.45, 2.75) is 50.1 Å². The van der Waals surface area contributed by atoms with E-state index >= 15 is 0 Å². The number of aromatic nitrogens is 6. The number of thioether (sulfide) groups is 1. The fourth-order valence-electron chi connectivity index (χ4n) is 2.64. The zero-order valence-corrected chi connectivity index (χ0v) is 15.1. The molecule has 0 aromatic carbocycles. The molecule has 0 spiro atoms. The lowest BCUT2D eigenvalue weighted by molar-refractivity contribution is 0.360. The maximum atomic E-state index is 5.30. The predicted octanol–water partition coefficient (Wildman–Crippen LogP) is 3.55. The van der Waals surface area contributed by atoms with Gasteiger partial charge in [0.25, 0.3) is 0 Å². The number of nitrogens with zero attached hydrogens (tertiary/aromatic N) is 6. The molecular weight excluding hydrogens is 336 g/mol. The molecule has 1 aliphatic carbocycles. The Labute approximate surface area is 150 Å². The maximum absolute atomic E-state index is 5.30. The first-order chi connectivity index (χ1) is 12.2. The molecule has 3 heterocycles. The van der Waals surface area contributed by atoms with Gasteiger partial charge in [-0.2, -0.15) is 4.98 Å². The topological polar surface area (TPSA) is 82.5 Å². The van der Waals surface area contributed by atoms with E-state index in [0.717, 1.165) is 23.0 Å². The summed E-state index contributed by atoms with van der Waals surface area (Å²) in [5, 5.41) is 13.7. The number of pyridine rings is 1. The van der Waals surface area contributed by atoms with Crippen LogP contribution in [-0.2, 0) is 12.2 Å². The Bertz CT molecular complexity index is 840. The first-order valence-corrected chi connectivity index (χ1v) is 9.49. The summed E-state index contributed by atoms with van der Waals surface area (Å²) in [7, 11) is 0. The molecule has 0 saturated heterocycles. The van der Waals surface area contributed by atoms with Gasteiger partial charge >= 0.3 is 0 Å². The third-order valence-corrected chi connectivity index (χ3v) is 4.86. The van der Waals surface area contributed by atoms with E-state index in [1.807, 2.05) is 18.3 Å². The standard InChI is InChI=1S/C17H20N6OS/c1-11(2)8-15-19-14(22-24-15)10-25-17-21-20-16(23(17)13-5-6-13)12-4-3-7-18-9-12/h3-4,7,9,11,13H,5-6,8,10H2,1-2H3. The van der Waals surface area contributed by atoms with Crippen LogP contribution in [0.15, 0.2) is 34.2 Å². The summed E-state index contributed by atoms with van der Waals surface area (Å²) in [4.78, 5) is 8.65. The van der Waals surface area contributed by atoms with Crippen molar-refractivity contribution in [1.29, 1.82) is 0 Å². The average Bonchev–Trinajstić information content (AvgIpc) is 3.20. The summed E-state index contributed by atoms with van der Waals surface area (Å²) in [6.07, 6.45) is 6.73. The minimum atomic E-state index is 0.481. The fraction of sp³-hybridized carbons (Fsp3) is 0.471. The number of rotatable bonds is 7. The van der Waals surface area contributed by atoms with Crippen LogP contribution in [-0.4, -0.2) is 29.9 Å². The highest BCUT2D eigenvalue weighted by Gasteiger charge is 2.30. The second-order valence-corrected chi connectivity index (χ2v) is 7.58. The lowest BCUT2D eigenvalue weighted by Gasteiger charge is -2.07. The molecule has 3 aromatic heterocycles. The summed E-state index contributed by atoms with van der Waals surface area (Å²) in [5.41, 5.74) is 0.993. The van der Waals surface area contributed by atoms with Gasteiger partial charge in [-0.15, -0.1) is 10.2 Å². The van der Waals surface area contributed by atoms with Crippen LogP contribution in [0.5, 0.6) is 0 Å². The van der Waals surface area contributed by atoms with Crippen molar-refractivity contribution in [3.8, 4) is 11.4 Å². The van der Waals surface area contributed by atoms with E-state index in [9.17, 15) is 0 Å². The SMILES string of the molecule is CC(C)Cc1nc(CSc2nnc(-c3cccnc3)n2C2CC2)no1. The molecule has 7 nitrogen and oxygen atoms in total. The Morgan fingerprint density at radius 1 is 1.32 bits per heavy atom. The normalized spacial score (nSPS) is 14.4. The highest BCUT2D eigenvalue weighted by molar-refractivity contribution is 7.98. The largest absolute Gasteiger partial charge is 0.339 e. The van der Waals surface area contributed by atoms with Crippen LogP contribution in [0.4, 0.5) is 0 Å². The highest BCUT2D eigenvalue weighted by atomic mass is 32.2.